The van der Waals surface area contributed by atoms with Gasteiger partial charge in [-0.05, 0) is 49.4 Å². The highest BCUT2D eigenvalue weighted by Gasteiger charge is 2.34. The van der Waals surface area contributed by atoms with Crippen LogP contribution in [-0.4, -0.2) is 88.5 Å². The first-order chi connectivity index (χ1) is 22.2. The number of benzene rings is 2. The van der Waals surface area contributed by atoms with Crippen LogP contribution in [0.2, 0.25) is 0 Å². The summed E-state index contributed by atoms with van der Waals surface area (Å²) in [7, 11) is 0. The Bertz CT molecular complexity index is 1420. The number of rotatable bonds is 7. The maximum atomic E-state index is 13.8. The highest BCUT2D eigenvalue weighted by atomic mass is 16.3. The normalized spacial score (nSPS) is 24.4. The highest BCUT2D eigenvalue weighted by Crippen LogP contribution is 2.13. The molecule has 0 aliphatic carbocycles. The second-order valence-corrected chi connectivity index (χ2v) is 12.1. The molecule has 0 bridgehead atoms. The first kappa shape index (κ1) is 36.5. The summed E-state index contributed by atoms with van der Waals surface area (Å²) in [5, 5.41) is 35.4. The molecule has 3 rings (SSSR count). The van der Waals surface area contributed by atoms with Crippen LogP contribution in [0.5, 0.6) is 5.75 Å². The topological polar surface area (TPSA) is 215 Å². The standard InChI is InChI=1S/C33H44N6O8/c1-18(2)14-24-31(45)37-25(16-22-10-12-23(41)13-11-22)30(44)35-19(3)29(43)34-17-27(42)39-28(20(4)40)33(47)38-26(32(46)36-24)15-21-8-6-5-7-9-21/h5-13,18-20,24-26,28,40-41H,14-17H2,1-4H3,(H,34,43)(H,35,44)(H,36,46)(H,37,45)(H,38,47)(H,39,42)/t19-,20-,24-,25-,26-,28-/m0/s1. The van der Waals surface area contributed by atoms with Gasteiger partial charge in [-0.1, -0.05) is 56.3 Å². The molecule has 1 aliphatic heterocycles. The van der Waals surface area contributed by atoms with Gasteiger partial charge in [-0.3, -0.25) is 28.8 Å². The Hall–Kier alpha value is -4.98. The third-order valence-corrected chi connectivity index (χ3v) is 7.52. The number of hydrogen-bond acceptors (Lipinski definition) is 8. The average molecular weight is 653 g/mol. The zero-order valence-electron chi connectivity index (χ0n) is 26.9. The fourth-order valence-corrected chi connectivity index (χ4v) is 4.97. The average Bonchev–Trinajstić information content (AvgIpc) is 3.01. The number of phenols is 1. The summed E-state index contributed by atoms with van der Waals surface area (Å²) in [5.74, 6) is -4.47. The van der Waals surface area contributed by atoms with Gasteiger partial charge >= 0.3 is 0 Å². The van der Waals surface area contributed by atoms with Crippen LogP contribution in [-0.2, 0) is 41.6 Å². The minimum absolute atomic E-state index is 0.00956. The number of aromatic hydroxyl groups is 1. The van der Waals surface area contributed by atoms with E-state index in [9.17, 15) is 39.0 Å². The van der Waals surface area contributed by atoms with Crippen molar-refractivity contribution in [2.75, 3.05) is 6.54 Å². The molecule has 14 heteroatoms. The third kappa shape index (κ3) is 11.4. The number of phenolic OH excluding ortho intramolecular Hbond substituents is 1. The smallest absolute Gasteiger partial charge is 0.245 e. The SMILES string of the molecule is CC(C)C[C@@H]1NC(=O)[C@H](Cc2ccccc2)NC(=O)[C@H]([C@H](C)O)NC(=O)CNC(=O)[C@H](C)NC(=O)[C@H](Cc2ccc(O)cc2)NC1=O. The van der Waals surface area contributed by atoms with Gasteiger partial charge in [0, 0.05) is 12.8 Å². The zero-order valence-corrected chi connectivity index (χ0v) is 26.9. The van der Waals surface area contributed by atoms with Crippen LogP contribution in [0.4, 0.5) is 0 Å². The van der Waals surface area contributed by atoms with Gasteiger partial charge in [0.2, 0.25) is 35.4 Å². The van der Waals surface area contributed by atoms with Crippen molar-refractivity contribution in [3.8, 4) is 5.75 Å². The summed E-state index contributed by atoms with van der Waals surface area (Å²) in [6.07, 6.45) is -1.18. The van der Waals surface area contributed by atoms with E-state index in [1.807, 2.05) is 13.8 Å². The third-order valence-electron chi connectivity index (χ3n) is 7.52. The number of hydrogen-bond donors (Lipinski definition) is 8. The molecule has 1 saturated heterocycles. The Balaban J connectivity index is 2.00. The molecule has 254 valence electrons. The first-order valence-corrected chi connectivity index (χ1v) is 15.5. The Kier molecular flexibility index (Phi) is 13.3. The molecule has 6 atom stereocenters. The molecule has 0 radical (unpaired) electrons. The monoisotopic (exact) mass is 652 g/mol. The number of aliphatic hydroxyl groups excluding tert-OH is 1. The van der Waals surface area contributed by atoms with Gasteiger partial charge in [0.05, 0.1) is 12.6 Å². The fraction of sp³-hybridized carbons (Fsp3) is 0.455. The Labute approximate surface area is 273 Å². The van der Waals surface area contributed by atoms with E-state index in [0.29, 0.717) is 11.1 Å². The van der Waals surface area contributed by atoms with Crippen LogP contribution in [0.25, 0.3) is 0 Å². The van der Waals surface area contributed by atoms with Crippen molar-refractivity contribution >= 4 is 35.4 Å². The Morgan fingerprint density at radius 3 is 1.74 bits per heavy atom. The summed E-state index contributed by atoms with van der Waals surface area (Å²) in [5.41, 5.74) is 1.29. The molecule has 8 N–H and O–H groups in total. The molecular weight excluding hydrogens is 608 g/mol. The van der Waals surface area contributed by atoms with Crippen LogP contribution < -0.4 is 31.9 Å². The van der Waals surface area contributed by atoms with Crippen molar-refractivity contribution in [2.45, 2.75) is 83.3 Å². The number of amides is 6. The van der Waals surface area contributed by atoms with Crippen molar-refractivity contribution in [3.63, 3.8) is 0 Å². The van der Waals surface area contributed by atoms with E-state index in [1.54, 1.807) is 42.5 Å². The van der Waals surface area contributed by atoms with Gasteiger partial charge in [0.25, 0.3) is 0 Å². The van der Waals surface area contributed by atoms with Crippen LogP contribution in [0.1, 0.15) is 45.2 Å². The maximum Gasteiger partial charge on any atom is 0.245 e. The second-order valence-electron chi connectivity index (χ2n) is 12.1. The van der Waals surface area contributed by atoms with Crippen LogP contribution in [0, 0.1) is 5.92 Å². The Morgan fingerprint density at radius 1 is 0.660 bits per heavy atom. The summed E-state index contributed by atoms with van der Waals surface area (Å²) >= 11 is 0. The zero-order chi connectivity index (χ0) is 34.7. The Morgan fingerprint density at radius 2 is 1.17 bits per heavy atom. The lowest BCUT2D eigenvalue weighted by Gasteiger charge is -2.28. The quantitative estimate of drug-likeness (QED) is 0.189. The molecule has 0 spiro atoms. The fourth-order valence-electron chi connectivity index (χ4n) is 4.97. The van der Waals surface area contributed by atoms with E-state index < -0.39 is 78.3 Å². The van der Waals surface area contributed by atoms with E-state index in [2.05, 4.69) is 31.9 Å². The maximum absolute atomic E-state index is 13.8. The van der Waals surface area contributed by atoms with Gasteiger partial charge in [0.15, 0.2) is 0 Å². The number of carbonyl (C=O) groups is 6. The molecule has 0 saturated carbocycles. The predicted molar refractivity (Wildman–Crippen MR) is 171 cm³/mol. The van der Waals surface area contributed by atoms with Crippen molar-refractivity contribution in [2.24, 2.45) is 5.92 Å². The lowest BCUT2D eigenvalue weighted by atomic mass is 9.99. The number of nitrogens with one attached hydrogen (secondary N) is 6. The van der Waals surface area contributed by atoms with E-state index in [-0.39, 0.29) is 30.9 Å². The molecule has 1 heterocycles. The highest BCUT2D eigenvalue weighted by molar-refractivity contribution is 5.97. The molecule has 1 fully saturated rings. The molecule has 6 amide bonds. The molecule has 47 heavy (non-hydrogen) atoms. The second kappa shape index (κ2) is 17.1. The van der Waals surface area contributed by atoms with E-state index >= 15 is 0 Å². The van der Waals surface area contributed by atoms with E-state index in [1.165, 1.54) is 26.0 Å². The number of aliphatic hydroxyl groups is 1. The summed E-state index contributed by atoms with van der Waals surface area (Å²) in [6, 6.07) is 8.72. The molecule has 2 aromatic carbocycles. The molecule has 14 nitrogen and oxygen atoms in total. The van der Waals surface area contributed by atoms with Crippen molar-refractivity contribution in [1.29, 1.82) is 0 Å². The van der Waals surface area contributed by atoms with Crippen LogP contribution in [0.15, 0.2) is 54.6 Å². The predicted octanol–water partition coefficient (Wildman–Crippen LogP) is -0.822. The van der Waals surface area contributed by atoms with E-state index in [4.69, 9.17) is 0 Å². The molecule has 1 aliphatic rings. The largest absolute Gasteiger partial charge is 0.508 e. The van der Waals surface area contributed by atoms with Gasteiger partial charge < -0.3 is 42.1 Å². The molecule has 2 aromatic rings. The lowest BCUT2D eigenvalue weighted by Crippen LogP contribution is -2.61. The van der Waals surface area contributed by atoms with Gasteiger partial charge in [-0.2, -0.15) is 0 Å². The lowest BCUT2D eigenvalue weighted by molar-refractivity contribution is -0.136. The summed E-state index contributed by atoms with van der Waals surface area (Å²) < 4.78 is 0. The number of carbonyl (C=O) groups excluding carboxylic acids is 6. The van der Waals surface area contributed by atoms with Crippen LogP contribution >= 0.6 is 0 Å². The van der Waals surface area contributed by atoms with Gasteiger partial charge in [0.1, 0.15) is 36.0 Å². The molecular formula is C33H44N6O8. The van der Waals surface area contributed by atoms with Crippen LogP contribution in [0.3, 0.4) is 0 Å². The molecule has 0 aromatic heterocycles. The van der Waals surface area contributed by atoms with Crippen molar-refractivity contribution in [1.82, 2.24) is 31.9 Å². The van der Waals surface area contributed by atoms with Gasteiger partial charge in [-0.25, -0.2) is 0 Å². The van der Waals surface area contributed by atoms with Crippen molar-refractivity contribution in [3.05, 3.63) is 65.7 Å². The summed E-state index contributed by atoms with van der Waals surface area (Å²) in [4.78, 5) is 79.8. The summed E-state index contributed by atoms with van der Waals surface area (Å²) in [6.45, 7) is 5.81. The van der Waals surface area contributed by atoms with Crippen molar-refractivity contribution < 1.29 is 39.0 Å². The first-order valence-electron chi connectivity index (χ1n) is 15.5. The van der Waals surface area contributed by atoms with Gasteiger partial charge in [-0.15, -0.1) is 0 Å². The minimum Gasteiger partial charge on any atom is -0.508 e. The minimum atomic E-state index is -1.48. The molecule has 0 unspecified atom stereocenters. The van der Waals surface area contributed by atoms with E-state index in [0.717, 1.165) is 0 Å².